The van der Waals surface area contributed by atoms with Gasteiger partial charge in [-0.2, -0.15) is 0 Å². The van der Waals surface area contributed by atoms with Crippen LogP contribution in [-0.2, 0) is 21.5 Å². The van der Waals surface area contributed by atoms with Gasteiger partial charge in [0.25, 0.3) is 0 Å². The minimum atomic E-state index is -0.485. The number of carbonyl (C=O) groups is 1. The average molecular weight is 402 g/mol. The van der Waals surface area contributed by atoms with Crippen LogP contribution in [0.15, 0.2) is 24.3 Å². The smallest absolute Gasteiger partial charge is 0.307 e. The molecular weight excluding hydrogens is 370 g/mol. The van der Waals surface area contributed by atoms with E-state index in [0.29, 0.717) is 19.4 Å². The highest BCUT2D eigenvalue weighted by molar-refractivity contribution is 5.70. The van der Waals surface area contributed by atoms with E-state index in [1.165, 1.54) is 11.1 Å². The molecule has 1 aromatic carbocycles. The molecule has 0 fully saturated rings. The van der Waals surface area contributed by atoms with Gasteiger partial charge in [0, 0.05) is 25.1 Å². The summed E-state index contributed by atoms with van der Waals surface area (Å²) >= 11 is 0. The Morgan fingerprint density at radius 2 is 2.17 bits per heavy atom. The second kappa shape index (κ2) is 7.33. The van der Waals surface area contributed by atoms with E-state index in [9.17, 15) is 9.90 Å². The maximum Gasteiger partial charge on any atom is 0.307 e. The van der Waals surface area contributed by atoms with Crippen molar-refractivity contribution in [1.29, 1.82) is 0 Å². The number of ether oxygens (including phenoxy) is 3. The Hall–Kier alpha value is -2.05. The number of aliphatic hydroxyl groups excluding tert-OH is 1. The van der Waals surface area contributed by atoms with Gasteiger partial charge in [-0.05, 0) is 45.4 Å². The van der Waals surface area contributed by atoms with Crippen LogP contribution in [0.1, 0.15) is 51.2 Å². The van der Waals surface area contributed by atoms with Gasteiger partial charge < -0.3 is 19.3 Å². The summed E-state index contributed by atoms with van der Waals surface area (Å²) in [5.74, 6) is 1.38. The van der Waals surface area contributed by atoms with E-state index in [2.05, 4.69) is 17.0 Å². The molecule has 2 heterocycles. The molecule has 29 heavy (non-hydrogen) atoms. The fourth-order valence-corrected chi connectivity index (χ4v) is 4.83. The Morgan fingerprint density at radius 3 is 2.90 bits per heavy atom. The Kier molecular flexibility index (Phi) is 5.11. The average Bonchev–Trinajstić information content (AvgIpc) is 2.88. The van der Waals surface area contributed by atoms with Crippen molar-refractivity contribution in [2.24, 2.45) is 0 Å². The zero-order chi connectivity index (χ0) is 20.8. The number of carbonyl (C=O) groups excluding carboxylic acids is 1. The van der Waals surface area contributed by atoms with E-state index in [0.717, 1.165) is 31.0 Å². The molecule has 6 heteroatoms. The third kappa shape index (κ3) is 3.76. The van der Waals surface area contributed by atoms with Crippen molar-refractivity contribution in [3.05, 3.63) is 35.4 Å². The summed E-state index contributed by atoms with van der Waals surface area (Å²) in [5.41, 5.74) is 1.67. The molecule has 2 aliphatic heterocycles. The van der Waals surface area contributed by atoms with Gasteiger partial charge in [-0.15, -0.1) is 0 Å². The third-order valence-electron chi connectivity index (χ3n) is 6.09. The van der Waals surface area contributed by atoms with Crippen LogP contribution in [0.4, 0.5) is 0 Å². The first kappa shape index (κ1) is 20.2. The van der Waals surface area contributed by atoms with E-state index in [1.807, 2.05) is 32.9 Å². The summed E-state index contributed by atoms with van der Waals surface area (Å²) in [7, 11) is 1.66. The molecule has 0 saturated carbocycles. The lowest BCUT2D eigenvalue weighted by Crippen LogP contribution is -2.43. The molecule has 0 radical (unpaired) electrons. The number of esters is 1. The van der Waals surface area contributed by atoms with Crippen molar-refractivity contribution in [2.45, 2.75) is 69.8 Å². The van der Waals surface area contributed by atoms with Crippen LogP contribution in [0.25, 0.3) is 0 Å². The van der Waals surface area contributed by atoms with Crippen molar-refractivity contribution >= 4 is 5.97 Å². The van der Waals surface area contributed by atoms with E-state index in [4.69, 9.17) is 14.2 Å². The number of aliphatic hydroxyl groups is 1. The van der Waals surface area contributed by atoms with Gasteiger partial charge in [-0.25, -0.2) is 0 Å². The van der Waals surface area contributed by atoms with Gasteiger partial charge in [-0.3, -0.25) is 9.69 Å². The van der Waals surface area contributed by atoms with E-state index in [1.54, 1.807) is 7.11 Å². The van der Waals surface area contributed by atoms with Gasteiger partial charge >= 0.3 is 5.97 Å². The summed E-state index contributed by atoms with van der Waals surface area (Å²) < 4.78 is 17.4. The molecule has 6 nitrogen and oxygen atoms in total. The van der Waals surface area contributed by atoms with Gasteiger partial charge in [-0.1, -0.05) is 18.2 Å². The molecule has 4 rings (SSSR count). The first-order chi connectivity index (χ1) is 13.7. The monoisotopic (exact) mass is 401 g/mol. The Balaban J connectivity index is 1.60. The highest BCUT2D eigenvalue weighted by atomic mass is 16.6. The zero-order valence-electron chi connectivity index (χ0n) is 17.7. The zero-order valence-corrected chi connectivity index (χ0v) is 17.7. The van der Waals surface area contributed by atoms with Crippen LogP contribution in [0.5, 0.6) is 11.5 Å². The van der Waals surface area contributed by atoms with Crippen LogP contribution in [0.2, 0.25) is 0 Å². The highest BCUT2D eigenvalue weighted by Gasteiger charge is 2.52. The largest absolute Gasteiger partial charge is 0.493 e. The highest BCUT2D eigenvalue weighted by Crippen LogP contribution is 2.55. The molecule has 2 unspecified atom stereocenters. The molecule has 1 N–H and O–H groups in total. The van der Waals surface area contributed by atoms with Crippen LogP contribution in [-0.4, -0.2) is 54.0 Å². The maximum atomic E-state index is 12.2. The van der Waals surface area contributed by atoms with Crippen molar-refractivity contribution in [3.63, 3.8) is 0 Å². The second-order valence-corrected chi connectivity index (χ2v) is 9.30. The summed E-state index contributed by atoms with van der Waals surface area (Å²) in [4.78, 5) is 14.5. The molecule has 3 atom stereocenters. The molecule has 158 valence electrons. The molecule has 1 spiro atoms. The Labute approximate surface area is 172 Å². The Morgan fingerprint density at radius 1 is 1.38 bits per heavy atom. The third-order valence-corrected chi connectivity index (χ3v) is 6.09. The lowest BCUT2D eigenvalue weighted by atomic mass is 9.69. The van der Waals surface area contributed by atoms with Crippen LogP contribution in [0.3, 0.4) is 0 Å². The number of rotatable bonds is 4. The Bertz CT molecular complexity index is 827. The summed E-state index contributed by atoms with van der Waals surface area (Å²) in [5, 5.41) is 10.2. The summed E-state index contributed by atoms with van der Waals surface area (Å²) in [6.45, 7) is 7.93. The topological polar surface area (TPSA) is 68.2 Å². The number of methoxy groups -OCH3 is 1. The van der Waals surface area contributed by atoms with E-state index in [-0.39, 0.29) is 17.5 Å². The van der Waals surface area contributed by atoms with Crippen molar-refractivity contribution in [1.82, 2.24) is 4.90 Å². The standard InChI is InChI=1S/C23H31NO5/c1-22(2,3)29-19(26)8-11-24-12-10-23-9-7-16(25)13-18(23)28-21-17(27-4)6-5-15(14-24)20(21)23/h5-7,9,16,18,25H,8,10-14H2,1-4H3/t16-,18?,23?/m0/s1. The number of hydrogen-bond donors (Lipinski definition) is 1. The number of nitrogens with zero attached hydrogens (tertiary/aromatic N) is 1. The fraction of sp³-hybridized carbons (Fsp3) is 0.609. The van der Waals surface area contributed by atoms with Crippen LogP contribution >= 0.6 is 0 Å². The molecule has 0 saturated heterocycles. The fourth-order valence-electron chi connectivity index (χ4n) is 4.83. The lowest BCUT2D eigenvalue weighted by molar-refractivity contribution is -0.155. The van der Waals surface area contributed by atoms with Gasteiger partial charge in [0.2, 0.25) is 0 Å². The van der Waals surface area contributed by atoms with E-state index < -0.39 is 11.7 Å². The van der Waals surface area contributed by atoms with Crippen molar-refractivity contribution in [3.8, 4) is 11.5 Å². The van der Waals surface area contributed by atoms with Crippen LogP contribution in [0, 0.1) is 0 Å². The minimum absolute atomic E-state index is 0.0987. The van der Waals surface area contributed by atoms with Crippen molar-refractivity contribution < 1.29 is 24.1 Å². The molecular formula is C23H31NO5. The van der Waals surface area contributed by atoms with Gasteiger partial charge in [0.15, 0.2) is 11.5 Å². The second-order valence-electron chi connectivity index (χ2n) is 9.30. The summed E-state index contributed by atoms with van der Waals surface area (Å²) in [6, 6.07) is 4.06. The molecule has 0 amide bonds. The molecule has 3 aliphatic rings. The van der Waals surface area contributed by atoms with Gasteiger partial charge in [0.05, 0.1) is 25.0 Å². The first-order valence-corrected chi connectivity index (χ1v) is 10.4. The first-order valence-electron chi connectivity index (χ1n) is 10.4. The predicted molar refractivity (Wildman–Crippen MR) is 109 cm³/mol. The molecule has 0 aromatic heterocycles. The van der Waals surface area contributed by atoms with Crippen molar-refractivity contribution in [2.75, 3.05) is 20.2 Å². The molecule has 1 aliphatic carbocycles. The number of benzene rings is 1. The minimum Gasteiger partial charge on any atom is -0.493 e. The van der Waals surface area contributed by atoms with Crippen LogP contribution < -0.4 is 9.47 Å². The SMILES string of the molecule is COc1ccc2c3c1OC1C[C@@H](O)C=CC31CCN(CCC(=O)OC(C)(C)C)C2. The molecule has 1 aromatic rings. The quantitative estimate of drug-likeness (QED) is 0.618. The maximum absolute atomic E-state index is 12.2. The number of hydrogen-bond acceptors (Lipinski definition) is 6. The normalized spacial score (nSPS) is 28.2. The lowest BCUT2D eigenvalue weighted by Gasteiger charge is -2.35. The predicted octanol–water partition coefficient (Wildman–Crippen LogP) is 2.95. The molecule has 0 bridgehead atoms. The van der Waals surface area contributed by atoms with Gasteiger partial charge in [0.1, 0.15) is 11.7 Å². The summed E-state index contributed by atoms with van der Waals surface area (Å²) in [6.07, 6.45) is 5.27. The van der Waals surface area contributed by atoms with E-state index >= 15 is 0 Å².